The van der Waals surface area contributed by atoms with Crippen LogP contribution in [-0.2, 0) is 4.79 Å². The number of anilines is 1. The Morgan fingerprint density at radius 3 is 2.32 bits per heavy atom. The molecule has 0 unspecified atom stereocenters. The Balaban J connectivity index is 0.000000500. The van der Waals surface area contributed by atoms with E-state index in [1.807, 2.05) is 0 Å². The van der Waals surface area contributed by atoms with Crippen LogP contribution in [0.15, 0.2) is 18.7 Å². The highest BCUT2D eigenvalue weighted by atomic mass is 35.5. The molecular weight excluding hydrogens is 408 g/mol. The van der Waals surface area contributed by atoms with E-state index in [4.69, 9.17) is 16.7 Å². The second-order valence-electron chi connectivity index (χ2n) is 5.62. The van der Waals surface area contributed by atoms with Gasteiger partial charge in [-0.25, -0.2) is 24.3 Å². The molecule has 2 N–H and O–H groups in total. The van der Waals surface area contributed by atoms with Gasteiger partial charge in [-0.2, -0.15) is 0 Å². The van der Waals surface area contributed by atoms with Crippen molar-refractivity contribution < 1.29 is 27.5 Å². The first kappa shape index (κ1) is 21.7. The number of rotatable bonds is 4. The minimum absolute atomic E-state index is 0.0530. The Bertz CT molecular complexity index is 811. The number of alkyl halides is 3. The molecule has 0 aromatic carbocycles. The zero-order valence-corrected chi connectivity index (χ0v) is 15.2. The van der Waals surface area contributed by atoms with Gasteiger partial charge in [-0.15, -0.1) is 13.2 Å². The number of likely N-dealkylation sites (tertiary alicyclic amines) is 1. The van der Waals surface area contributed by atoms with Gasteiger partial charge in [0.05, 0.1) is 5.02 Å². The Hall–Kier alpha value is -2.60. The fourth-order valence-corrected chi connectivity index (χ4v) is 2.24. The molecule has 1 aliphatic heterocycles. The number of amides is 1. The summed E-state index contributed by atoms with van der Waals surface area (Å²) in [5.74, 6) is -0.759. The number of aliphatic hydroxyl groups is 1. The Morgan fingerprint density at radius 2 is 1.82 bits per heavy atom. The predicted octanol–water partition coefficient (Wildman–Crippen LogP) is 2.26. The molecule has 2 aromatic rings. The molecule has 0 radical (unpaired) electrons. The number of carbonyl (C=O) groups excluding carboxylic acids is 1. The molecule has 1 fully saturated rings. The van der Waals surface area contributed by atoms with Crippen LogP contribution in [0.5, 0.6) is 0 Å². The van der Waals surface area contributed by atoms with E-state index in [9.17, 15) is 22.4 Å². The van der Waals surface area contributed by atoms with Crippen LogP contribution in [0, 0.1) is 5.82 Å². The third-order valence-corrected chi connectivity index (χ3v) is 3.71. The first-order chi connectivity index (χ1) is 13.1. The molecule has 0 saturated carbocycles. The molecule has 28 heavy (non-hydrogen) atoms. The summed E-state index contributed by atoms with van der Waals surface area (Å²) in [6.45, 7) is 3.14. The van der Waals surface area contributed by atoms with Crippen LogP contribution in [-0.4, -0.2) is 61.3 Å². The highest BCUT2D eigenvalue weighted by molar-refractivity contribution is 6.30. The number of carbonyl (C=O) groups is 1. The normalized spacial score (nSPS) is 14.5. The maximum Gasteiger partial charge on any atom is 0.519 e. The van der Waals surface area contributed by atoms with E-state index in [0.717, 1.165) is 19.5 Å². The van der Waals surface area contributed by atoms with Crippen LogP contribution < -0.4 is 5.32 Å². The summed E-state index contributed by atoms with van der Waals surface area (Å²) >= 11 is 5.72. The summed E-state index contributed by atoms with van der Waals surface area (Å²) in [5.41, 5.74) is -0.0530. The second-order valence-corrected chi connectivity index (χ2v) is 6.06. The molecule has 1 aliphatic rings. The molecule has 0 spiro atoms. The monoisotopic (exact) mass is 422 g/mol. The van der Waals surface area contributed by atoms with Crippen molar-refractivity contribution in [2.45, 2.75) is 25.7 Å². The van der Waals surface area contributed by atoms with Gasteiger partial charge in [-0.05, 0) is 13.3 Å². The summed E-state index contributed by atoms with van der Waals surface area (Å²) in [6, 6.07) is -0.585. The fourth-order valence-electron chi connectivity index (χ4n) is 2.14. The van der Waals surface area contributed by atoms with E-state index in [2.05, 4.69) is 25.3 Å². The molecule has 1 atom stereocenters. The quantitative estimate of drug-likeness (QED) is 0.728. The van der Waals surface area contributed by atoms with Crippen molar-refractivity contribution in [3.8, 4) is 11.5 Å². The number of hydrogen-bond acceptors (Lipinski definition) is 7. The Morgan fingerprint density at radius 1 is 1.25 bits per heavy atom. The van der Waals surface area contributed by atoms with Gasteiger partial charge < -0.3 is 15.3 Å². The van der Waals surface area contributed by atoms with Crippen LogP contribution in [0.3, 0.4) is 0 Å². The van der Waals surface area contributed by atoms with E-state index >= 15 is 0 Å². The fraction of sp³-hybridized carbons (Fsp3) is 0.400. The minimum atomic E-state index is -5.00. The molecular formula is C15H15ClF4N6O2. The number of halogens is 5. The first-order valence-electron chi connectivity index (χ1n) is 7.89. The van der Waals surface area contributed by atoms with Gasteiger partial charge >= 0.3 is 6.36 Å². The van der Waals surface area contributed by atoms with Crippen molar-refractivity contribution in [1.82, 2.24) is 24.8 Å². The molecule has 2 aromatic heterocycles. The summed E-state index contributed by atoms with van der Waals surface area (Å²) in [5, 5.41) is 9.65. The Kier molecular flexibility index (Phi) is 7.02. The van der Waals surface area contributed by atoms with Crippen LogP contribution >= 0.6 is 11.6 Å². The maximum atomic E-state index is 14.6. The third kappa shape index (κ3) is 6.23. The van der Waals surface area contributed by atoms with Gasteiger partial charge in [0, 0.05) is 25.5 Å². The smallest absolute Gasteiger partial charge is 0.356 e. The van der Waals surface area contributed by atoms with Gasteiger partial charge in [-0.3, -0.25) is 4.79 Å². The second kappa shape index (κ2) is 9.06. The molecule has 1 saturated heterocycles. The van der Waals surface area contributed by atoms with Gasteiger partial charge in [0.15, 0.2) is 17.5 Å². The largest absolute Gasteiger partial charge is 0.519 e. The van der Waals surface area contributed by atoms with E-state index in [-0.39, 0.29) is 23.2 Å². The number of hydrogen-bond donors (Lipinski definition) is 2. The van der Waals surface area contributed by atoms with Crippen molar-refractivity contribution in [1.29, 1.82) is 0 Å². The minimum Gasteiger partial charge on any atom is -0.356 e. The average molecular weight is 423 g/mol. The molecule has 8 nitrogen and oxygen atoms in total. The number of aromatic nitrogens is 4. The summed E-state index contributed by atoms with van der Waals surface area (Å²) in [6.07, 6.45) is -0.0962. The lowest BCUT2D eigenvalue weighted by atomic mass is 10.1. The lowest BCUT2D eigenvalue weighted by Crippen LogP contribution is -2.48. The van der Waals surface area contributed by atoms with Crippen LogP contribution in [0.4, 0.5) is 23.4 Å². The molecule has 0 bridgehead atoms. The maximum absolute atomic E-state index is 14.6. The zero-order valence-electron chi connectivity index (χ0n) is 14.4. The van der Waals surface area contributed by atoms with E-state index in [1.54, 1.807) is 11.8 Å². The zero-order chi connectivity index (χ0) is 20.9. The van der Waals surface area contributed by atoms with Crippen LogP contribution in [0.25, 0.3) is 11.5 Å². The van der Waals surface area contributed by atoms with Crippen molar-refractivity contribution in [2.75, 3.05) is 18.4 Å². The standard InChI is InChI=1S/C14H14ClFN6O.CHF3O/c1-8(14(23)22-3-2-4-22)21-12-10(16)11(19-7-20-12)13-17-5-9(15)6-18-13;2-1(3,4)5/h5-8H,2-4H2,1H3,(H,19,20,21);5H/t8-;/m1./s1. The molecule has 13 heteroatoms. The van der Waals surface area contributed by atoms with Crippen LogP contribution in [0.2, 0.25) is 5.02 Å². The lowest BCUT2D eigenvalue weighted by molar-refractivity contribution is -0.295. The molecule has 3 rings (SSSR count). The van der Waals surface area contributed by atoms with Crippen molar-refractivity contribution in [3.05, 3.63) is 29.6 Å². The van der Waals surface area contributed by atoms with Crippen molar-refractivity contribution in [3.63, 3.8) is 0 Å². The van der Waals surface area contributed by atoms with E-state index in [1.165, 1.54) is 18.7 Å². The number of nitrogens with zero attached hydrogens (tertiary/aromatic N) is 5. The molecule has 1 amide bonds. The Labute approximate surface area is 161 Å². The van der Waals surface area contributed by atoms with E-state index < -0.39 is 18.2 Å². The molecule has 3 heterocycles. The topological polar surface area (TPSA) is 104 Å². The predicted molar refractivity (Wildman–Crippen MR) is 90.6 cm³/mol. The van der Waals surface area contributed by atoms with Gasteiger partial charge in [0.1, 0.15) is 18.1 Å². The van der Waals surface area contributed by atoms with Gasteiger partial charge in [0.2, 0.25) is 5.91 Å². The summed E-state index contributed by atoms with van der Waals surface area (Å²) in [4.78, 5) is 29.4. The van der Waals surface area contributed by atoms with Gasteiger partial charge in [0.25, 0.3) is 0 Å². The number of nitrogens with one attached hydrogen (secondary N) is 1. The average Bonchev–Trinajstić information content (AvgIpc) is 2.54. The van der Waals surface area contributed by atoms with Crippen LogP contribution in [0.1, 0.15) is 13.3 Å². The van der Waals surface area contributed by atoms with E-state index in [0.29, 0.717) is 5.02 Å². The van der Waals surface area contributed by atoms with Gasteiger partial charge in [-0.1, -0.05) is 11.6 Å². The lowest BCUT2D eigenvalue weighted by Gasteiger charge is -2.33. The first-order valence-corrected chi connectivity index (χ1v) is 8.27. The van der Waals surface area contributed by atoms with Crippen molar-refractivity contribution >= 4 is 23.3 Å². The SMILES string of the molecule is C[C@@H](Nc1ncnc(-c2ncc(Cl)cn2)c1F)C(=O)N1CCC1.OC(F)(F)F. The highest BCUT2D eigenvalue weighted by Gasteiger charge is 2.26. The van der Waals surface area contributed by atoms with Crippen molar-refractivity contribution in [2.24, 2.45) is 0 Å². The molecule has 152 valence electrons. The summed E-state index contributed by atoms with van der Waals surface area (Å²) in [7, 11) is 0. The molecule has 0 aliphatic carbocycles. The highest BCUT2D eigenvalue weighted by Crippen LogP contribution is 2.22. The third-order valence-electron chi connectivity index (χ3n) is 3.51. The summed E-state index contributed by atoms with van der Waals surface area (Å²) < 4.78 is 44.3.